The lowest BCUT2D eigenvalue weighted by Crippen LogP contribution is -2.40. The lowest BCUT2D eigenvalue weighted by atomic mass is 10.2. The molecular formula is C25H26N2O5S2. The van der Waals surface area contributed by atoms with Gasteiger partial charge in [-0.05, 0) is 60.7 Å². The fourth-order valence-electron chi connectivity index (χ4n) is 3.39. The fourth-order valence-corrected chi connectivity index (χ4v) is 5.55. The van der Waals surface area contributed by atoms with Crippen LogP contribution in [0.4, 0.5) is 5.69 Å². The summed E-state index contributed by atoms with van der Waals surface area (Å²) in [6.45, 7) is 2.03. The number of morpholine rings is 1. The first-order valence-electron chi connectivity index (χ1n) is 10.9. The summed E-state index contributed by atoms with van der Waals surface area (Å²) in [6.07, 6.45) is 0. The summed E-state index contributed by atoms with van der Waals surface area (Å²) in [4.78, 5) is 14.0. The van der Waals surface area contributed by atoms with Crippen LogP contribution in [0, 0.1) is 0 Å². The maximum absolute atomic E-state index is 12.7. The molecule has 4 rings (SSSR count). The number of anilines is 1. The molecule has 3 aromatic rings. The molecule has 0 saturated carbocycles. The van der Waals surface area contributed by atoms with Gasteiger partial charge >= 0.3 is 0 Å². The SMILES string of the molecule is O=C(Nc1ccc(S(=O)(=O)N2CCOCC2)cc1)c1ccc(OCCSc2ccccc2)cc1. The van der Waals surface area contributed by atoms with Gasteiger partial charge in [0.25, 0.3) is 5.91 Å². The van der Waals surface area contributed by atoms with Gasteiger partial charge in [0.1, 0.15) is 5.75 Å². The minimum atomic E-state index is -3.56. The molecule has 178 valence electrons. The summed E-state index contributed by atoms with van der Waals surface area (Å²) in [5.74, 6) is 1.24. The average molecular weight is 499 g/mol. The topological polar surface area (TPSA) is 84.9 Å². The smallest absolute Gasteiger partial charge is 0.255 e. The number of hydrogen-bond acceptors (Lipinski definition) is 6. The molecule has 0 aliphatic carbocycles. The largest absolute Gasteiger partial charge is 0.493 e. The van der Waals surface area contributed by atoms with E-state index in [1.807, 2.05) is 18.2 Å². The Morgan fingerprint density at radius 1 is 0.941 bits per heavy atom. The molecule has 1 N–H and O–H groups in total. The first kappa shape index (κ1) is 24.3. The number of rotatable bonds is 9. The number of carbonyl (C=O) groups excluding carboxylic acids is 1. The molecule has 1 saturated heterocycles. The Bertz CT molecular complexity index is 1180. The third-order valence-corrected chi connectivity index (χ3v) is 8.09. The highest BCUT2D eigenvalue weighted by Gasteiger charge is 2.26. The molecule has 34 heavy (non-hydrogen) atoms. The molecule has 0 aromatic heterocycles. The predicted octanol–water partition coefficient (Wildman–Crippen LogP) is 4.13. The van der Waals surface area contributed by atoms with Gasteiger partial charge in [-0.1, -0.05) is 18.2 Å². The van der Waals surface area contributed by atoms with Crippen molar-refractivity contribution in [3.63, 3.8) is 0 Å². The minimum Gasteiger partial charge on any atom is -0.493 e. The second-order valence-corrected chi connectivity index (χ2v) is 10.6. The number of sulfonamides is 1. The van der Waals surface area contributed by atoms with E-state index in [-0.39, 0.29) is 10.8 Å². The summed E-state index contributed by atoms with van der Waals surface area (Å²) >= 11 is 1.72. The second-order valence-electron chi connectivity index (χ2n) is 7.53. The van der Waals surface area contributed by atoms with E-state index in [1.165, 1.54) is 21.3 Å². The number of thioether (sulfide) groups is 1. The van der Waals surface area contributed by atoms with E-state index >= 15 is 0 Å². The highest BCUT2D eigenvalue weighted by molar-refractivity contribution is 7.99. The van der Waals surface area contributed by atoms with Crippen molar-refractivity contribution < 1.29 is 22.7 Å². The average Bonchev–Trinajstić information content (AvgIpc) is 2.88. The molecule has 0 unspecified atom stereocenters. The first-order valence-corrected chi connectivity index (χ1v) is 13.3. The first-order chi connectivity index (χ1) is 16.5. The summed E-state index contributed by atoms with van der Waals surface area (Å²) in [5.41, 5.74) is 1.00. The maximum Gasteiger partial charge on any atom is 0.255 e. The van der Waals surface area contributed by atoms with Crippen LogP contribution in [0.1, 0.15) is 10.4 Å². The number of benzene rings is 3. The molecule has 1 aliphatic rings. The van der Waals surface area contributed by atoms with Gasteiger partial charge < -0.3 is 14.8 Å². The van der Waals surface area contributed by atoms with Crippen LogP contribution in [0.5, 0.6) is 5.75 Å². The van der Waals surface area contributed by atoms with Crippen molar-refractivity contribution in [1.82, 2.24) is 4.31 Å². The Hall–Kier alpha value is -2.85. The van der Waals surface area contributed by atoms with E-state index in [4.69, 9.17) is 9.47 Å². The molecule has 1 aliphatic heterocycles. The van der Waals surface area contributed by atoms with E-state index in [0.717, 1.165) is 5.75 Å². The van der Waals surface area contributed by atoms with Crippen molar-refractivity contribution in [2.24, 2.45) is 0 Å². The van der Waals surface area contributed by atoms with E-state index < -0.39 is 10.0 Å². The zero-order chi connectivity index (χ0) is 23.8. The molecule has 3 aromatic carbocycles. The summed E-state index contributed by atoms with van der Waals surface area (Å²) in [5, 5.41) is 2.79. The minimum absolute atomic E-state index is 0.194. The van der Waals surface area contributed by atoms with Crippen LogP contribution in [-0.2, 0) is 14.8 Å². The van der Waals surface area contributed by atoms with Crippen molar-refractivity contribution in [2.75, 3.05) is 44.0 Å². The Morgan fingerprint density at radius 2 is 1.62 bits per heavy atom. The Kier molecular flexibility index (Phi) is 8.23. The van der Waals surface area contributed by atoms with Crippen LogP contribution in [0.25, 0.3) is 0 Å². The van der Waals surface area contributed by atoms with Gasteiger partial charge in [0, 0.05) is 35.0 Å². The van der Waals surface area contributed by atoms with Crippen LogP contribution >= 0.6 is 11.8 Å². The van der Waals surface area contributed by atoms with Gasteiger partial charge in [0.05, 0.1) is 24.7 Å². The van der Waals surface area contributed by atoms with Gasteiger partial charge in [-0.25, -0.2) is 8.42 Å². The van der Waals surface area contributed by atoms with Crippen molar-refractivity contribution in [2.45, 2.75) is 9.79 Å². The normalized spacial score (nSPS) is 14.5. The van der Waals surface area contributed by atoms with Gasteiger partial charge in [-0.15, -0.1) is 11.8 Å². The Balaban J connectivity index is 1.27. The molecule has 1 heterocycles. The lowest BCUT2D eigenvalue weighted by molar-refractivity contribution is 0.0730. The fraction of sp³-hybridized carbons (Fsp3) is 0.240. The van der Waals surface area contributed by atoms with Crippen LogP contribution in [0.15, 0.2) is 88.7 Å². The summed E-state index contributed by atoms with van der Waals surface area (Å²) < 4.78 is 37.8. The quantitative estimate of drug-likeness (QED) is 0.353. The molecule has 0 atom stereocenters. The van der Waals surface area contributed by atoms with Gasteiger partial charge in [0.15, 0.2) is 0 Å². The highest BCUT2D eigenvalue weighted by Crippen LogP contribution is 2.21. The van der Waals surface area contributed by atoms with Crippen LogP contribution in [0.2, 0.25) is 0 Å². The summed E-state index contributed by atoms with van der Waals surface area (Å²) in [6, 6.07) is 23.3. The van der Waals surface area contributed by atoms with Crippen molar-refractivity contribution in [1.29, 1.82) is 0 Å². The second kappa shape index (κ2) is 11.5. The molecule has 0 bridgehead atoms. The molecular weight excluding hydrogens is 472 g/mol. The monoisotopic (exact) mass is 498 g/mol. The molecule has 9 heteroatoms. The number of carbonyl (C=O) groups is 1. The predicted molar refractivity (Wildman–Crippen MR) is 133 cm³/mol. The number of nitrogens with zero attached hydrogens (tertiary/aromatic N) is 1. The molecule has 1 fully saturated rings. The number of hydrogen-bond donors (Lipinski definition) is 1. The standard InChI is InChI=1S/C25H26N2O5S2/c28-25(20-6-10-22(11-7-20)32-18-19-33-23-4-2-1-3-5-23)26-21-8-12-24(13-9-21)34(29,30)27-14-16-31-17-15-27/h1-13H,14-19H2,(H,26,28). The Labute approximate surface area is 204 Å². The van der Waals surface area contributed by atoms with Crippen molar-refractivity contribution >= 4 is 33.4 Å². The maximum atomic E-state index is 12.7. The number of nitrogens with one attached hydrogen (secondary N) is 1. The molecule has 1 amide bonds. The Morgan fingerprint density at radius 3 is 2.29 bits per heavy atom. The van der Waals surface area contributed by atoms with Crippen LogP contribution in [-0.4, -0.2) is 57.3 Å². The van der Waals surface area contributed by atoms with Crippen molar-refractivity contribution in [3.05, 3.63) is 84.4 Å². The molecule has 0 radical (unpaired) electrons. The van der Waals surface area contributed by atoms with E-state index in [2.05, 4.69) is 17.4 Å². The zero-order valence-corrected chi connectivity index (χ0v) is 20.2. The molecule has 0 spiro atoms. The zero-order valence-electron chi connectivity index (χ0n) is 18.6. The number of amides is 1. The number of ether oxygens (including phenoxy) is 2. The lowest BCUT2D eigenvalue weighted by Gasteiger charge is -2.26. The third-order valence-electron chi connectivity index (χ3n) is 5.20. The molecule has 7 nitrogen and oxygen atoms in total. The van der Waals surface area contributed by atoms with Crippen LogP contribution < -0.4 is 10.1 Å². The van der Waals surface area contributed by atoms with E-state index in [0.29, 0.717) is 49.9 Å². The van der Waals surface area contributed by atoms with Gasteiger partial charge in [0.2, 0.25) is 10.0 Å². The van der Waals surface area contributed by atoms with E-state index in [1.54, 1.807) is 48.2 Å². The van der Waals surface area contributed by atoms with E-state index in [9.17, 15) is 13.2 Å². The van der Waals surface area contributed by atoms with Crippen molar-refractivity contribution in [3.8, 4) is 5.75 Å². The van der Waals surface area contributed by atoms with Crippen LogP contribution in [0.3, 0.4) is 0 Å². The third kappa shape index (κ3) is 6.38. The van der Waals surface area contributed by atoms with Gasteiger partial charge in [-0.2, -0.15) is 4.31 Å². The highest BCUT2D eigenvalue weighted by atomic mass is 32.2. The van der Waals surface area contributed by atoms with Gasteiger partial charge in [-0.3, -0.25) is 4.79 Å². The summed E-state index contributed by atoms with van der Waals surface area (Å²) in [7, 11) is -3.56.